The summed E-state index contributed by atoms with van der Waals surface area (Å²) in [4.78, 5) is 6.88. The third kappa shape index (κ3) is 7.15. The number of halogens is 2. The largest absolute Gasteiger partial charge is 0.356 e. The topological polar surface area (TPSA) is 39.7 Å². The standard InChI is InChI=1S/C18H29ClN4.HI/c1-14(2)23-12-9-17(10-13-23)22-18(20-3)21-11-8-15-4-6-16(19)7-5-15;/h4-7,14,17H,8-13H2,1-3H3,(H2,20,21,22);1H. The van der Waals surface area contributed by atoms with Crippen molar-refractivity contribution in [1.29, 1.82) is 0 Å². The van der Waals surface area contributed by atoms with Gasteiger partial charge in [0.1, 0.15) is 0 Å². The van der Waals surface area contributed by atoms with Crippen LogP contribution in [-0.4, -0.2) is 49.6 Å². The number of rotatable bonds is 5. The molecule has 0 aliphatic carbocycles. The molecule has 1 saturated heterocycles. The lowest BCUT2D eigenvalue weighted by atomic mass is 10.0. The van der Waals surface area contributed by atoms with Crippen LogP contribution in [-0.2, 0) is 6.42 Å². The van der Waals surface area contributed by atoms with Crippen molar-refractivity contribution in [2.75, 3.05) is 26.7 Å². The molecule has 2 N–H and O–H groups in total. The maximum absolute atomic E-state index is 5.91. The number of nitrogens with zero attached hydrogens (tertiary/aromatic N) is 2. The first kappa shape index (κ1) is 21.5. The van der Waals surface area contributed by atoms with Crippen LogP contribution >= 0.6 is 35.6 Å². The minimum Gasteiger partial charge on any atom is -0.356 e. The highest BCUT2D eigenvalue weighted by Crippen LogP contribution is 2.13. The van der Waals surface area contributed by atoms with Gasteiger partial charge >= 0.3 is 0 Å². The van der Waals surface area contributed by atoms with Gasteiger partial charge in [-0.1, -0.05) is 23.7 Å². The quantitative estimate of drug-likeness (QED) is 0.398. The summed E-state index contributed by atoms with van der Waals surface area (Å²) in [5.41, 5.74) is 1.28. The summed E-state index contributed by atoms with van der Waals surface area (Å²) in [6.45, 7) is 7.73. The van der Waals surface area contributed by atoms with Crippen molar-refractivity contribution in [3.63, 3.8) is 0 Å². The molecule has 1 aromatic carbocycles. The Balaban J connectivity index is 0.00000288. The van der Waals surface area contributed by atoms with Crippen LogP contribution in [0.1, 0.15) is 32.3 Å². The Labute approximate surface area is 168 Å². The summed E-state index contributed by atoms with van der Waals surface area (Å²) in [6, 6.07) is 9.18. The number of guanidine groups is 1. The predicted molar refractivity (Wildman–Crippen MR) is 115 cm³/mol. The minimum absolute atomic E-state index is 0. The third-order valence-electron chi connectivity index (χ3n) is 4.44. The zero-order valence-corrected chi connectivity index (χ0v) is 18.0. The van der Waals surface area contributed by atoms with Crippen LogP contribution < -0.4 is 10.6 Å². The van der Waals surface area contributed by atoms with E-state index < -0.39 is 0 Å². The van der Waals surface area contributed by atoms with E-state index in [1.54, 1.807) is 0 Å². The molecule has 0 atom stereocenters. The number of hydrogen-bond donors (Lipinski definition) is 2. The summed E-state index contributed by atoms with van der Waals surface area (Å²) in [5, 5.41) is 7.74. The summed E-state index contributed by atoms with van der Waals surface area (Å²) >= 11 is 5.91. The fourth-order valence-electron chi connectivity index (χ4n) is 2.92. The molecule has 1 aliphatic rings. The molecule has 2 rings (SSSR count). The zero-order chi connectivity index (χ0) is 16.7. The van der Waals surface area contributed by atoms with Crippen molar-refractivity contribution in [3.05, 3.63) is 34.9 Å². The number of aliphatic imine (C=N–C) groups is 1. The van der Waals surface area contributed by atoms with Gasteiger partial charge in [-0.3, -0.25) is 4.99 Å². The van der Waals surface area contributed by atoms with Gasteiger partial charge in [0.2, 0.25) is 0 Å². The highest BCUT2D eigenvalue weighted by molar-refractivity contribution is 14.0. The van der Waals surface area contributed by atoms with Gasteiger partial charge in [0, 0.05) is 43.8 Å². The Hall–Kier alpha value is -0.530. The van der Waals surface area contributed by atoms with Gasteiger partial charge in [-0.05, 0) is 50.8 Å². The van der Waals surface area contributed by atoms with Crippen molar-refractivity contribution in [2.45, 2.75) is 45.2 Å². The second-order valence-electron chi connectivity index (χ2n) is 6.42. The lowest BCUT2D eigenvalue weighted by Crippen LogP contribution is -2.50. The second kappa shape index (κ2) is 11.2. The van der Waals surface area contributed by atoms with Crippen molar-refractivity contribution >= 4 is 41.5 Å². The molecule has 0 bridgehead atoms. The average molecular weight is 465 g/mol. The first-order valence-corrected chi connectivity index (χ1v) is 8.92. The zero-order valence-electron chi connectivity index (χ0n) is 14.9. The molecular formula is C18H30ClIN4. The van der Waals surface area contributed by atoms with E-state index in [4.69, 9.17) is 11.6 Å². The molecule has 1 aromatic rings. The molecule has 1 fully saturated rings. The number of nitrogens with one attached hydrogen (secondary N) is 2. The molecular weight excluding hydrogens is 435 g/mol. The van der Waals surface area contributed by atoms with E-state index in [0.717, 1.165) is 37.0 Å². The Morgan fingerprint density at radius 3 is 2.42 bits per heavy atom. The van der Waals surface area contributed by atoms with E-state index in [-0.39, 0.29) is 24.0 Å². The maximum atomic E-state index is 5.91. The molecule has 136 valence electrons. The average Bonchev–Trinajstić information content (AvgIpc) is 2.56. The van der Waals surface area contributed by atoms with Gasteiger partial charge < -0.3 is 15.5 Å². The molecule has 0 amide bonds. The molecule has 6 heteroatoms. The summed E-state index contributed by atoms with van der Waals surface area (Å²) < 4.78 is 0. The van der Waals surface area contributed by atoms with E-state index in [1.165, 1.54) is 18.4 Å². The fourth-order valence-corrected chi connectivity index (χ4v) is 3.05. The van der Waals surface area contributed by atoms with E-state index in [1.807, 2.05) is 19.2 Å². The first-order chi connectivity index (χ1) is 11.1. The predicted octanol–water partition coefficient (Wildman–Crippen LogP) is 3.54. The number of likely N-dealkylation sites (tertiary alicyclic amines) is 1. The number of piperidine rings is 1. The van der Waals surface area contributed by atoms with Gasteiger partial charge in [-0.25, -0.2) is 0 Å². The van der Waals surface area contributed by atoms with Crippen LogP contribution in [0.5, 0.6) is 0 Å². The van der Waals surface area contributed by atoms with Crippen molar-refractivity contribution in [1.82, 2.24) is 15.5 Å². The van der Waals surface area contributed by atoms with Crippen LogP contribution in [0.4, 0.5) is 0 Å². The van der Waals surface area contributed by atoms with Crippen LogP contribution in [0.25, 0.3) is 0 Å². The van der Waals surface area contributed by atoms with Gasteiger partial charge in [0.25, 0.3) is 0 Å². The molecule has 0 radical (unpaired) electrons. The van der Waals surface area contributed by atoms with Crippen LogP contribution in [0.2, 0.25) is 5.02 Å². The minimum atomic E-state index is 0. The molecule has 1 heterocycles. The summed E-state index contributed by atoms with van der Waals surface area (Å²) in [5.74, 6) is 0.905. The Morgan fingerprint density at radius 1 is 1.25 bits per heavy atom. The van der Waals surface area contributed by atoms with Crippen molar-refractivity contribution in [3.8, 4) is 0 Å². The molecule has 0 saturated carbocycles. The smallest absolute Gasteiger partial charge is 0.191 e. The monoisotopic (exact) mass is 464 g/mol. The van der Waals surface area contributed by atoms with Gasteiger partial charge in [-0.15, -0.1) is 24.0 Å². The van der Waals surface area contributed by atoms with Crippen molar-refractivity contribution < 1.29 is 0 Å². The molecule has 0 spiro atoms. The SMILES string of the molecule is CN=C(NCCc1ccc(Cl)cc1)NC1CCN(C(C)C)CC1.I. The lowest BCUT2D eigenvalue weighted by molar-refractivity contribution is 0.167. The fraction of sp³-hybridized carbons (Fsp3) is 0.611. The number of benzene rings is 1. The summed E-state index contributed by atoms with van der Waals surface area (Å²) in [7, 11) is 1.83. The normalized spacial score (nSPS) is 16.8. The second-order valence-corrected chi connectivity index (χ2v) is 6.86. The van der Waals surface area contributed by atoms with E-state index in [9.17, 15) is 0 Å². The van der Waals surface area contributed by atoms with Crippen molar-refractivity contribution in [2.24, 2.45) is 4.99 Å². The Morgan fingerprint density at radius 2 is 1.88 bits per heavy atom. The van der Waals surface area contributed by atoms with Gasteiger partial charge in [0.15, 0.2) is 5.96 Å². The van der Waals surface area contributed by atoms with E-state index in [0.29, 0.717) is 12.1 Å². The maximum Gasteiger partial charge on any atom is 0.191 e. The third-order valence-corrected chi connectivity index (χ3v) is 4.70. The first-order valence-electron chi connectivity index (χ1n) is 8.54. The molecule has 0 unspecified atom stereocenters. The van der Waals surface area contributed by atoms with Crippen LogP contribution in [0, 0.1) is 0 Å². The van der Waals surface area contributed by atoms with Gasteiger partial charge in [-0.2, -0.15) is 0 Å². The Kier molecular flexibility index (Phi) is 10.0. The van der Waals surface area contributed by atoms with Crippen LogP contribution in [0.3, 0.4) is 0 Å². The van der Waals surface area contributed by atoms with E-state index >= 15 is 0 Å². The van der Waals surface area contributed by atoms with Gasteiger partial charge in [0.05, 0.1) is 0 Å². The molecule has 4 nitrogen and oxygen atoms in total. The molecule has 0 aromatic heterocycles. The molecule has 1 aliphatic heterocycles. The highest BCUT2D eigenvalue weighted by atomic mass is 127. The number of hydrogen-bond acceptors (Lipinski definition) is 2. The molecule has 24 heavy (non-hydrogen) atoms. The Bertz CT molecular complexity index is 496. The lowest BCUT2D eigenvalue weighted by Gasteiger charge is -2.35. The summed E-state index contributed by atoms with van der Waals surface area (Å²) in [6.07, 6.45) is 3.32. The van der Waals surface area contributed by atoms with E-state index in [2.05, 4.69) is 46.5 Å². The highest BCUT2D eigenvalue weighted by Gasteiger charge is 2.21. The van der Waals surface area contributed by atoms with Crippen LogP contribution in [0.15, 0.2) is 29.3 Å².